The third-order valence-corrected chi connectivity index (χ3v) is 3.38. The summed E-state index contributed by atoms with van der Waals surface area (Å²) in [6.45, 7) is 0.265. The number of methoxy groups -OCH3 is 1. The number of rotatable bonds is 5. The zero-order valence-electron chi connectivity index (χ0n) is 11.1. The van der Waals surface area contributed by atoms with E-state index in [0.717, 1.165) is 10.8 Å². The summed E-state index contributed by atoms with van der Waals surface area (Å²) in [6, 6.07) is 11.3. The Balaban J connectivity index is 2.47. The summed E-state index contributed by atoms with van der Waals surface area (Å²) in [7, 11) is 1.34. The van der Waals surface area contributed by atoms with Crippen LogP contribution < -0.4 is 5.32 Å². The topological polar surface area (TPSA) is 58.6 Å². The van der Waals surface area contributed by atoms with E-state index in [9.17, 15) is 9.90 Å². The number of anilines is 1. The first-order valence-corrected chi connectivity index (χ1v) is 6.78. The summed E-state index contributed by atoms with van der Waals surface area (Å²) in [5.41, 5.74) is 1.09. The summed E-state index contributed by atoms with van der Waals surface area (Å²) < 4.78 is 4.79. The zero-order valence-corrected chi connectivity index (χ0v) is 11.9. The number of halogens is 1. The Bertz CT molecular complexity index is 615. The number of aliphatic hydroxyl groups is 1. The average molecular weight is 294 g/mol. The number of benzene rings is 2. The number of aliphatic hydroxyl groups excluding tert-OH is 1. The van der Waals surface area contributed by atoms with Crippen LogP contribution in [0.2, 0.25) is 0 Å². The molecule has 1 unspecified atom stereocenters. The normalized spacial score (nSPS) is 12.2. The van der Waals surface area contributed by atoms with E-state index in [-0.39, 0.29) is 12.4 Å². The van der Waals surface area contributed by atoms with Gasteiger partial charge in [-0.15, -0.1) is 11.6 Å². The van der Waals surface area contributed by atoms with Crippen molar-refractivity contribution in [1.82, 2.24) is 0 Å². The minimum Gasteiger partial charge on any atom is -0.465 e. The van der Waals surface area contributed by atoms with Crippen molar-refractivity contribution in [3.8, 4) is 0 Å². The van der Waals surface area contributed by atoms with Gasteiger partial charge in [-0.2, -0.15) is 0 Å². The minimum atomic E-state index is -0.680. The van der Waals surface area contributed by atoms with Gasteiger partial charge < -0.3 is 15.2 Å². The Hall–Kier alpha value is -1.78. The molecule has 2 rings (SSSR count). The lowest BCUT2D eigenvalue weighted by Gasteiger charge is -2.15. The number of hydrogen-bond acceptors (Lipinski definition) is 4. The van der Waals surface area contributed by atoms with Gasteiger partial charge in [-0.05, 0) is 11.5 Å². The molecule has 106 valence electrons. The van der Waals surface area contributed by atoms with Crippen LogP contribution in [0, 0.1) is 0 Å². The van der Waals surface area contributed by atoms with E-state index < -0.39 is 12.1 Å². The Morgan fingerprint density at radius 3 is 2.80 bits per heavy atom. The highest BCUT2D eigenvalue weighted by molar-refractivity contribution is 6.18. The first-order valence-electron chi connectivity index (χ1n) is 6.25. The highest BCUT2D eigenvalue weighted by Crippen LogP contribution is 2.28. The predicted octanol–water partition coefficient (Wildman–Crippen LogP) is 2.64. The lowest BCUT2D eigenvalue weighted by atomic mass is 10.0. The molecule has 0 spiro atoms. The molecular weight excluding hydrogens is 278 g/mol. The van der Waals surface area contributed by atoms with Crippen molar-refractivity contribution >= 4 is 34.0 Å². The minimum absolute atomic E-state index is 0.130. The van der Waals surface area contributed by atoms with E-state index in [4.69, 9.17) is 16.3 Å². The van der Waals surface area contributed by atoms with E-state index in [0.29, 0.717) is 11.3 Å². The molecule has 0 radical (unpaired) electrons. The van der Waals surface area contributed by atoms with Crippen LogP contribution in [0.3, 0.4) is 0 Å². The Morgan fingerprint density at radius 2 is 2.10 bits per heavy atom. The Labute approximate surface area is 122 Å². The first kappa shape index (κ1) is 14.6. The van der Waals surface area contributed by atoms with Crippen molar-refractivity contribution in [3.63, 3.8) is 0 Å². The van der Waals surface area contributed by atoms with Crippen molar-refractivity contribution < 1.29 is 14.6 Å². The molecular formula is C15H16ClNO3. The molecule has 0 bridgehead atoms. The van der Waals surface area contributed by atoms with Crippen LogP contribution in [-0.4, -0.2) is 36.7 Å². The zero-order chi connectivity index (χ0) is 14.5. The number of nitrogens with one attached hydrogen (secondary N) is 1. The third kappa shape index (κ3) is 3.03. The molecule has 2 aromatic carbocycles. The van der Waals surface area contributed by atoms with Crippen molar-refractivity contribution in [2.24, 2.45) is 0 Å². The second kappa shape index (κ2) is 6.59. The smallest absolute Gasteiger partial charge is 0.339 e. The summed E-state index contributed by atoms with van der Waals surface area (Å²) in [5, 5.41) is 14.6. The second-order valence-corrected chi connectivity index (χ2v) is 4.70. The predicted molar refractivity (Wildman–Crippen MR) is 80.5 cm³/mol. The fraction of sp³-hybridized carbons (Fsp3) is 0.267. The molecule has 5 heteroatoms. The summed E-state index contributed by atoms with van der Waals surface area (Å²) >= 11 is 5.58. The maximum absolute atomic E-state index is 11.8. The van der Waals surface area contributed by atoms with Crippen LogP contribution in [0.25, 0.3) is 10.8 Å². The highest BCUT2D eigenvalue weighted by Gasteiger charge is 2.15. The maximum atomic E-state index is 11.8. The second-order valence-electron chi connectivity index (χ2n) is 4.39. The van der Waals surface area contributed by atoms with Crippen LogP contribution in [0.4, 0.5) is 5.69 Å². The monoisotopic (exact) mass is 293 g/mol. The molecule has 0 fully saturated rings. The SMILES string of the molecule is COC(=O)c1ccc2ccccc2c1NCC(O)CCl. The lowest BCUT2D eigenvalue weighted by Crippen LogP contribution is -2.22. The van der Waals surface area contributed by atoms with Crippen LogP contribution in [0.5, 0.6) is 0 Å². The fourth-order valence-electron chi connectivity index (χ4n) is 2.02. The van der Waals surface area contributed by atoms with Gasteiger partial charge in [0.15, 0.2) is 0 Å². The molecule has 0 saturated heterocycles. The largest absolute Gasteiger partial charge is 0.465 e. The lowest BCUT2D eigenvalue weighted by molar-refractivity contribution is 0.0602. The van der Waals surface area contributed by atoms with Gasteiger partial charge in [-0.1, -0.05) is 30.3 Å². The van der Waals surface area contributed by atoms with Gasteiger partial charge >= 0.3 is 5.97 Å². The van der Waals surface area contributed by atoms with Gasteiger partial charge in [-0.25, -0.2) is 4.79 Å². The summed E-state index contributed by atoms with van der Waals surface area (Å²) in [4.78, 5) is 11.8. The van der Waals surface area contributed by atoms with Crippen LogP contribution in [-0.2, 0) is 4.74 Å². The molecule has 0 aliphatic carbocycles. The van der Waals surface area contributed by atoms with Gasteiger partial charge in [0.1, 0.15) is 0 Å². The van der Waals surface area contributed by atoms with Crippen molar-refractivity contribution in [2.75, 3.05) is 24.9 Å². The van der Waals surface area contributed by atoms with Gasteiger partial charge in [-0.3, -0.25) is 0 Å². The molecule has 0 aromatic heterocycles. The molecule has 0 aliphatic rings. The molecule has 0 heterocycles. The third-order valence-electron chi connectivity index (χ3n) is 3.03. The average Bonchev–Trinajstić information content (AvgIpc) is 2.51. The molecule has 20 heavy (non-hydrogen) atoms. The van der Waals surface area contributed by atoms with Crippen molar-refractivity contribution in [1.29, 1.82) is 0 Å². The molecule has 0 amide bonds. The number of carbonyl (C=O) groups is 1. The fourth-order valence-corrected chi connectivity index (χ4v) is 2.13. The van der Waals surface area contributed by atoms with Gasteiger partial charge in [0.2, 0.25) is 0 Å². The molecule has 0 saturated carbocycles. The van der Waals surface area contributed by atoms with Crippen LogP contribution in [0.1, 0.15) is 10.4 Å². The molecule has 2 N–H and O–H groups in total. The van der Waals surface area contributed by atoms with Gasteiger partial charge in [0.25, 0.3) is 0 Å². The maximum Gasteiger partial charge on any atom is 0.339 e. The number of ether oxygens (including phenoxy) is 1. The summed E-state index contributed by atoms with van der Waals surface area (Å²) in [6.07, 6.45) is -0.680. The number of hydrogen-bond donors (Lipinski definition) is 2. The van der Waals surface area contributed by atoms with Crippen LogP contribution in [0.15, 0.2) is 36.4 Å². The van der Waals surface area contributed by atoms with E-state index >= 15 is 0 Å². The van der Waals surface area contributed by atoms with E-state index in [1.165, 1.54) is 7.11 Å². The van der Waals surface area contributed by atoms with E-state index in [1.807, 2.05) is 30.3 Å². The van der Waals surface area contributed by atoms with Crippen molar-refractivity contribution in [3.05, 3.63) is 42.0 Å². The van der Waals surface area contributed by atoms with Gasteiger partial charge in [0, 0.05) is 11.9 Å². The number of esters is 1. The molecule has 1 atom stereocenters. The number of fused-ring (bicyclic) bond motifs is 1. The Kier molecular flexibility index (Phi) is 4.82. The van der Waals surface area contributed by atoms with Crippen molar-refractivity contribution in [2.45, 2.75) is 6.10 Å². The molecule has 2 aromatic rings. The first-order chi connectivity index (χ1) is 9.67. The quantitative estimate of drug-likeness (QED) is 0.657. The van der Waals surface area contributed by atoms with Gasteiger partial charge in [0.05, 0.1) is 30.3 Å². The van der Waals surface area contributed by atoms with Crippen LogP contribution >= 0.6 is 11.6 Å². The molecule has 4 nitrogen and oxygen atoms in total. The number of carbonyl (C=O) groups excluding carboxylic acids is 1. The highest BCUT2D eigenvalue weighted by atomic mass is 35.5. The standard InChI is InChI=1S/C15H16ClNO3/c1-20-15(19)13-7-6-10-4-2-3-5-12(10)14(13)17-9-11(18)8-16/h2-7,11,17-18H,8-9H2,1H3. The summed E-state index contributed by atoms with van der Waals surface area (Å²) in [5.74, 6) is -0.288. The van der Waals surface area contributed by atoms with E-state index in [2.05, 4.69) is 5.32 Å². The molecule has 0 aliphatic heterocycles. The van der Waals surface area contributed by atoms with E-state index in [1.54, 1.807) is 6.07 Å². The Morgan fingerprint density at radius 1 is 1.35 bits per heavy atom. The number of alkyl halides is 1.